The summed E-state index contributed by atoms with van der Waals surface area (Å²) in [5, 5.41) is 11.5. The largest absolute Gasteiger partial charge is 0.484 e. The molecule has 0 bridgehead atoms. The van der Waals surface area contributed by atoms with Gasteiger partial charge in [-0.25, -0.2) is 0 Å². The van der Waals surface area contributed by atoms with Crippen LogP contribution in [0.4, 0.5) is 0 Å². The van der Waals surface area contributed by atoms with Gasteiger partial charge in [0.2, 0.25) is 0 Å². The van der Waals surface area contributed by atoms with Gasteiger partial charge in [0.1, 0.15) is 5.75 Å². The quantitative estimate of drug-likeness (QED) is 0.704. The zero-order chi connectivity index (χ0) is 15.5. The van der Waals surface area contributed by atoms with Crippen molar-refractivity contribution in [2.45, 2.75) is 20.3 Å². The van der Waals surface area contributed by atoms with E-state index in [-0.39, 0.29) is 12.5 Å². The Hall–Kier alpha value is -2.06. The van der Waals surface area contributed by atoms with E-state index in [0.717, 1.165) is 26.1 Å². The highest BCUT2D eigenvalue weighted by atomic mass is 16.5. The molecule has 1 rings (SSSR count). The first-order chi connectivity index (χ1) is 10.2. The Kier molecular flexibility index (Phi) is 7.92. The van der Waals surface area contributed by atoms with Crippen molar-refractivity contribution in [2.24, 2.45) is 0 Å². The van der Waals surface area contributed by atoms with Gasteiger partial charge in [-0.05, 0) is 50.3 Å². The van der Waals surface area contributed by atoms with Crippen LogP contribution in [0.3, 0.4) is 0 Å². The number of nitrogens with zero attached hydrogens (tertiary/aromatic N) is 2. The molecule has 0 atom stereocenters. The third kappa shape index (κ3) is 6.77. The van der Waals surface area contributed by atoms with Crippen molar-refractivity contribution in [3.8, 4) is 11.8 Å². The molecule has 0 saturated heterocycles. The number of benzene rings is 1. The van der Waals surface area contributed by atoms with E-state index < -0.39 is 0 Å². The summed E-state index contributed by atoms with van der Waals surface area (Å²) in [5.41, 5.74) is 0.572. The molecule has 5 heteroatoms. The van der Waals surface area contributed by atoms with E-state index in [2.05, 4.69) is 24.1 Å². The molecular formula is C16H23N3O2. The Morgan fingerprint density at radius 3 is 2.52 bits per heavy atom. The minimum Gasteiger partial charge on any atom is -0.484 e. The van der Waals surface area contributed by atoms with Crippen molar-refractivity contribution in [3.63, 3.8) is 0 Å². The van der Waals surface area contributed by atoms with E-state index in [4.69, 9.17) is 10.00 Å². The summed E-state index contributed by atoms with van der Waals surface area (Å²) in [7, 11) is 0. The van der Waals surface area contributed by atoms with E-state index in [1.165, 1.54) is 0 Å². The molecule has 1 aromatic carbocycles. The summed E-state index contributed by atoms with van der Waals surface area (Å²) in [6, 6.07) is 8.73. The van der Waals surface area contributed by atoms with Gasteiger partial charge in [-0.3, -0.25) is 4.79 Å². The number of nitrogens with one attached hydrogen (secondary N) is 1. The zero-order valence-corrected chi connectivity index (χ0v) is 12.8. The van der Waals surface area contributed by atoms with Crippen LogP contribution in [-0.2, 0) is 4.79 Å². The predicted octanol–water partition coefficient (Wildman–Crippen LogP) is 1.79. The molecule has 0 aromatic heterocycles. The minimum absolute atomic E-state index is 0.00281. The molecule has 21 heavy (non-hydrogen) atoms. The Bertz CT molecular complexity index is 461. The van der Waals surface area contributed by atoms with Crippen LogP contribution >= 0.6 is 0 Å². The van der Waals surface area contributed by atoms with Crippen molar-refractivity contribution >= 4 is 5.91 Å². The first-order valence-electron chi connectivity index (χ1n) is 7.31. The molecule has 1 N–H and O–H groups in total. The number of rotatable bonds is 9. The van der Waals surface area contributed by atoms with Gasteiger partial charge in [0.15, 0.2) is 6.61 Å². The van der Waals surface area contributed by atoms with Crippen molar-refractivity contribution in [3.05, 3.63) is 29.8 Å². The molecular weight excluding hydrogens is 266 g/mol. The fourth-order valence-corrected chi connectivity index (χ4v) is 1.90. The average molecular weight is 289 g/mol. The summed E-state index contributed by atoms with van der Waals surface area (Å²) < 4.78 is 5.36. The SMILES string of the molecule is CCN(CC)CCCNC(=O)COc1ccc(C#N)cc1. The van der Waals surface area contributed by atoms with Crippen LogP contribution in [0.25, 0.3) is 0 Å². The van der Waals surface area contributed by atoms with Crippen LogP contribution in [0.2, 0.25) is 0 Å². The fourth-order valence-electron chi connectivity index (χ4n) is 1.90. The van der Waals surface area contributed by atoms with Crippen molar-refractivity contribution in [2.75, 3.05) is 32.8 Å². The summed E-state index contributed by atoms with van der Waals surface area (Å²) in [6.07, 6.45) is 0.935. The van der Waals surface area contributed by atoms with Gasteiger partial charge in [-0.15, -0.1) is 0 Å². The monoisotopic (exact) mass is 289 g/mol. The molecule has 0 radical (unpaired) electrons. The Morgan fingerprint density at radius 2 is 1.95 bits per heavy atom. The van der Waals surface area contributed by atoms with Gasteiger partial charge in [0.25, 0.3) is 5.91 Å². The highest BCUT2D eigenvalue weighted by molar-refractivity contribution is 5.77. The summed E-state index contributed by atoms with van der Waals surface area (Å²) in [5.74, 6) is 0.464. The van der Waals surface area contributed by atoms with Gasteiger partial charge in [0, 0.05) is 6.54 Å². The van der Waals surface area contributed by atoms with Gasteiger partial charge in [-0.1, -0.05) is 13.8 Å². The summed E-state index contributed by atoms with van der Waals surface area (Å²) in [6.45, 7) is 7.98. The number of carbonyl (C=O) groups excluding carboxylic acids is 1. The van der Waals surface area contributed by atoms with E-state index in [0.29, 0.717) is 17.9 Å². The lowest BCUT2D eigenvalue weighted by Gasteiger charge is -2.17. The molecule has 0 spiro atoms. The van der Waals surface area contributed by atoms with Crippen LogP contribution in [-0.4, -0.2) is 43.6 Å². The maximum atomic E-state index is 11.6. The standard InChI is InChI=1S/C16H23N3O2/c1-3-19(4-2)11-5-10-18-16(20)13-21-15-8-6-14(12-17)7-9-15/h6-9H,3-5,10-11,13H2,1-2H3,(H,18,20). The lowest BCUT2D eigenvalue weighted by molar-refractivity contribution is -0.123. The molecule has 0 unspecified atom stereocenters. The fraction of sp³-hybridized carbons (Fsp3) is 0.500. The number of carbonyl (C=O) groups is 1. The smallest absolute Gasteiger partial charge is 0.257 e. The highest BCUT2D eigenvalue weighted by Crippen LogP contribution is 2.11. The molecule has 114 valence electrons. The summed E-state index contributed by atoms with van der Waals surface area (Å²) >= 11 is 0. The maximum Gasteiger partial charge on any atom is 0.257 e. The van der Waals surface area contributed by atoms with Crippen LogP contribution in [0.1, 0.15) is 25.8 Å². The van der Waals surface area contributed by atoms with E-state index in [1.54, 1.807) is 24.3 Å². The summed E-state index contributed by atoms with van der Waals surface area (Å²) in [4.78, 5) is 13.9. The first kappa shape index (κ1) is 17.0. The van der Waals surface area contributed by atoms with Crippen LogP contribution < -0.4 is 10.1 Å². The molecule has 5 nitrogen and oxygen atoms in total. The average Bonchev–Trinajstić information content (AvgIpc) is 2.53. The lowest BCUT2D eigenvalue weighted by Crippen LogP contribution is -2.32. The molecule has 1 amide bonds. The van der Waals surface area contributed by atoms with E-state index >= 15 is 0 Å². The zero-order valence-electron chi connectivity index (χ0n) is 12.8. The topological polar surface area (TPSA) is 65.4 Å². The Labute approximate surface area is 126 Å². The van der Waals surface area contributed by atoms with Crippen molar-refractivity contribution in [1.82, 2.24) is 10.2 Å². The number of hydrogen-bond donors (Lipinski definition) is 1. The van der Waals surface area contributed by atoms with E-state index in [9.17, 15) is 4.79 Å². The van der Waals surface area contributed by atoms with Gasteiger partial charge < -0.3 is 15.0 Å². The Balaban J connectivity index is 2.17. The Morgan fingerprint density at radius 1 is 1.29 bits per heavy atom. The number of ether oxygens (including phenoxy) is 1. The minimum atomic E-state index is -0.126. The van der Waals surface area contributed by atoms with Gasteiger partial charge in [0.05, 0.1) is 11.6 Å². The van der Waals surface area contributed by atoms with Crippen LogP contribution in [0.5, 0.6) is 5.75 Å². The second-order valence-electron chi connectivity index (χ2n) is 4.66. The second-order valence-corrected chi connectivity index (χ2v) is 4.66. The van der Waals surface area contributed by atoms with Crippen LogP contribution in [0.15, 0.2) is 24.3 Å². The number of hydrogen-bond acceptors (Lipinski definition) is 4. The molecule has 0 aliphatic rings. The molecule has 0 heterocycles. The predicted molar refractivity (Wildman–Crippen MR) is 82.1 cm³/mol. The third-order valence-corrected chi connectivity index (χ3v) is 3.22. The highest BCUT2D eigenvalue weighted by Gasteiger charge is 2.03. The molecule has 1 aromatic rings. The molecule has 0 aliphatic heterocycles. The second kappa shape index (κ2) is 9.78. The van der Waals surface area contributed by atoms with Crippen molar-refractivity contribution < 1.29 is 9.53 Å². The normalized spacial score (nSPS) is 10.2. The van der Waals surface area contributed by atoms with Crippen LogP contribution in [0, 0.1) is 11.3 Å². The third-order valence-electron chi connectivity index (χ3n) is 3.22. The van der Waals surface area contributed by atoms with Crippen molar-refractivity contribution in [1.29, 1.82) is 5.26 Å². The molecule has 0 saturated carbocycles. The van der Waals surface area contributed by atoms with Gasteiger partial charge in [-0.2, -0.15) is 5.26 Å². The number of nitriles is 1. The molecule has 0 aliphatic carbocycles. The number of amides is 1. The molecule has 0 fully saturated rings. The maximum absolute atomic E-state index is 11.6. The lowest BCUT2D eigenvalue weighted by atomic mass is 10.2. The van der Waals surface area contributed by atoms with E-state index in [1.807, 2.05) is 6.07 Å². The van der Waals surface area contributed by atoms with Gasteiger partial charge >= 0.3 is 0 Å². The first-order valence-corrected chi connectivity index (χ1v) is 7.31.